The van der Waals surface area contributed by atoms with Crippen LogP contribution in [0.2, 0.25) is 5.02 Å². The summed E-state index contributed by atoms with van der Waals surface area (Å²) in [5, 5.41) is 12.4. The van der Waals surface area contributed by atoms with Gasteiger partial charge in [-0.25, -0.2) is 0 Å². The fourth-order valence-corrected chi connectivity index (χ4v) is 1.50. The molecule has 0 saturated heterocycles. The number of benzene rings is 1. The Labute approximate surface area is 100 Å². The Morgan fingerprint density at radius 2 is 2.25 bits per heavy atom. The number of hydrogen-bond acceptors (Lipinski definition) is 2. The molecule has 4 heteroatoms. The third kappa shape index (κ3) is 3.83. The molecule has 0 bridgehead atoms. The number of aryl methyl sites for hydroxylation is 1. The molecule has 16 heavy (non-hydrogen) atoms. The molecule has 0 aliphatic rings. The summed E-state index contributed by atoms with van der Waals surface area (Å²) in [5.74, 6) is -0.152. The zero-order chi connectivity index (χ0) is 12.1. The van der Waals surface area contributed by atoms with Gasteiger partial charge in [-0.2, -0.15) is 0 Å². The topological polar surface area (TPSA) is 49.3 Å². The summed E-state index contributed by atoms with van der Waals surface area (Å²) >= 11 is 5.83. The highest BCUT2D eigenvalue weighted by Gasteiger charge is 2.09. The van der Waals surface area contributed by atoms with Crippen molar-refractivity contribution in [2.75, 3.05) is 6.54 Å². The van der Waals surface area contributed by atoms with E-state index in [4.69, 9.17) is 16.7 Å². The van der Waals surface area contributed by atoms with E-state index in [1.165, 1.54) is 0 Å². The van der Waals surface area contributed by atoms with Gasteiger partial charge in [0.05, 0.1) is 6.10 Å². The highest BCUT2D eigenvalue weighted by molar-refractivity contribution is 6.31. The quantitative estimate of drug-likeness (QED) is 0.849. The number of carbonyl (C=O) groups excluding carboxylic acids is 1. The number of nitrogens with one attached hydrogen (secondary N) is 1. The summed E-state index contributed by atoms with van der Waals surface area (Å²) in [6, 6.07) is 5.21. The first kappa shape index (κ1) is 13.0. The van der Waals surface area contributed by atoms with E-state index in [0.29, 0.717) is 23.6 Å². The molecule has 1 aromatic carbocycles. The summed E-state index contributed by atoms with van der Waals surface area (Å²) < 4.78 is 0. The minimum absolute atomic E-state index is 0.152. The standard InChI is InChI=1S/C12H16ClNO2/c1-8-3-4-10(13)7-11(8)12(16)14-6-5-9(2)15/h3-4,7,9,15H,5-6H2,1-2H3,(H,14,16). The Kier molecular flexibility index (Phi) is 4.77. The van der Waals surface area contributed by atoms with E-state index >= 15 is 0 Å². The SMILES string of the molecule is Cc1ccc(Cl)cc1C(=O)NCCC(C)O. The summed E-state index contributed by atoms with van der Waals surface area (Å²) in [6.45, 7) is 4.01. The van der Waals surface area contributed by atoms with Crippen molar-refractivity contribution in [1.82, 2.24) is 5.32 Å². The molecule has 2 N–H and O–H groups in total. The number of hydrogen-bond donors (Lipinski definition) is 2. The van der Waals surface area contributed by atoms with E-state index in [2.05, 4.69) is 5.32 Å². The lowest BCUT2D eigenvalue weighted by Crippen LogP contribution is -2.27. The number of carbonyl (C=O) groups is 1. The molecule has 0 radical (unpaired) electrons. The van der Waals surface area contributed by atoms with E-state index in [1.807, 2.05) is 13.0 Å². The van der Waals surface area contributed by atoms with Gasteiger partial charge >= 0.3 is 0 Å². The lowest BCUT2D eigenvalue weighted by Gasteiger charge is -2.09. The highest BCUT2D eigenvalue weighted by atomic mass is 35.5. The predicted molar refractivity (Wildman–Crippen MR) is 64.8 cm³/mol. The van der Waals surface area contributed by atoms with Crippen LogP contribution < -0.4 is 5.32 Å². The highest BCUT2D eigenvalue weighted by Crippen LogP contribution is 2.15. The van der Waals surface area contributed by atoms with Gasteiger partial charge in [0.1, 0.15) is 0 Å². The van der Waals surface area contributed by atoms with Gasteiger partial charge in [-0.05, 0) is 38.0 Å². The first-order chi connectivity index (χ1) is 7.50. The Hall–Kier alpha value is -1.06. The number of amides is 1. The molecule has 0 aromatic heterocycles. The fourth-order valence-electron chi connectivity index (χ4n) is 1.33. The van der Waals surface area contributed by atoms with Crippen LogP contribution in [-0.2, 0) is 0 Å². The molecule has 0 aliphatic heterocycles. The zero-order valence-corrected chi connectivity index (χ0v) is 10.2. The smallest absolute Gasteiger partial charge is 0.251 e. The van der Waals surface area contributed by atoms with Crippen molar-refractivity contribution in [3.8, 4) is 0 Å². The monoisotopic (exact) mass is 241 g/mol. The molecular weight excluding hydrogens is 226 g/mol. The second-order valence-corrected chi connectivity index (χ2v) is 4.29. The molecule has 0 aliphatic carbocycles. The van der Waals surface area contributed by atoms with Crippen LogP contribution in [0, 0.1) is 6.92 Å². The maximum atomic E-state index is 11.7. The van der Waals surface area contributed by atoms with E-state index in [1.54, 1.807) is 19.1 Å². The molecule has 1 aromatic rings. The van der Waals surface area contributed by atoms with Gasteiger partial charge in [-0.3, -0.25) is 4.79 Å². The summed E-state index contributed by atoms with van der Waals surface area (Å²) in [4.78, 5) is 11.7. The largest absolute Gasteiger partial charge is 0.393 e. The van der Waals surface area contributed by atoms with Crippen molar-refractivity contribution in [3.63, 3.8) is 0 Å². The average Bonchev–Trinajstić information content (AvgIpc) is 2.21. The Morgan fingerprint density at radius 3 is 2.88 bits per heavy atom. The van der Waals surface area contributed by atoms with Gasteiger partial charge in [0.15, 0.2) is 0 Å². The van der Waals surface area contributed by atoms with Crippen LogP contribution >= 0.6 is 11.6 Å². The lowest BCUT2D eigenvalue weighted by molar-refractivity contribution is 0.0945. The summed E-state index contributed by atoms with van der Waals surface area (Å²) in [7, 11) is 0. The normalized spacial score (nSPS) is 12.2. The molecule has 0 saturated carbocycles. The van der Waals surface area contributed by atoms with Gasteiger partial charge in [0.25, 0.3) is 5.91 Å². The van der Waals surface area contributed by atoms with Crippen LogP contribution in [0.25, 0.3) is 0 Å². The molecule has 1 amide bonds. The van der Waals surface area contributed by atoms with Crippen LogP contribution in [0.3, 0.4) is 0 Å². The Morgan fingerprint density at radius 1 is 1.56 bits per heavy atom. The first-order valence-electron chi connectivity index (χ1n) is 5.23. The van der Waals surface area contributed by atoms with Crippen LogP contribution in [-0.4, -0.2) is 23.7 Å². The van der Waals surface area contributed by atoms with Gasteiger partial charge in [-0.15, -0.1) is 0 Å². The van der Waals surface area contributed by atoms with E-state index < -0.39 is 6.10 Å². The number of rotatable bonds is 4. The molecule has 0 spiro atoms. The van der Waals surface area contributed by atoms with Crippen LogP contribution in [0.4, 0.5) is 0 Å². The van der Waals surface area contributed by atoms with Crippen molar-refractivity contribution < 1.29 is 9.90 Å². The molecule has 88 valence electrons. The molecule has 0 fully saturated rings. The minimum atomic E-state index is -0.402. The molecule has 3 nitrogen and oxygen atoms in total. The van der Waals surface area contributed by atoms with E-state index in [0.717, 1.165) is 5.56 Å². The predicted octanol–water partition coefficient (Wildman–Crippen LogP) is 2.15. The first-order valence-corrected chi connectivity index (χ1v) is 5.61. The summed E-state index contributed by atoms with van der Waals surface area (Å²) in [5.41, 5.74) is 1.47. The van der Waals surface area contributed by atoms with Gasteiger partial charge < -0.3 is 10.4 Å². The van der Waals surface area contributed by atoms with E-state index in [9.17, 15) is 4.79 Å². The van der Waals surface area contributed by atoms with Crippen molar-refractivity contribution >= 4 is 17.5 Å². The molecule has 0 heterocycles. The second kappa shape index (κ2) is 5.87. The molecule has 1 rings (SSSR count). The Bertz CT molecular complexity index is 377. The molecular formula is C12H16ClNO2. The van der Waals surface area contributed by atoms with Crippen LogP contribution in [0.5, 0.6) is 0 Å². The fraction of sp³-hybridized carbons (Fsp3) is 0.417. The van der Waals surface area contributed by atoms with Crippen molar-refractivity contribution in [3.05, 3.63) is 34.3 Å². The lowest BCUT2D eigenvalue weighted by atomic mass is 10.1. The van der Waals surface area contributed by atoms with Gasteiger partial charge in [0, 0.05) is 17.1 Å². The minimum Gasteiger partial charge on any atom is -0.393 e. The van der Waals surface area contributed by atoms with Crippen molar-refractivity contribution in [2.45, 2.75) is 26.4 Å². The number of aliphatic hydroxyl groups is 1. The molecule has 1 atom stereocenters. The Balaban J connectivity index is 2.62. The van der Waals surface area contributed by atoms with Crippen LogP contribution in [0.15, 0.2) is 18.2 Å². The maximum absolute atomic E-state index is 11.7. The van der Waals surface area contributed by atoms with Gasteiger partial charge in [0.2, 0.25) is 0 Å². The number of aliphatic hydroxyl groups excluding tert-OH is 1. The molecule has 1 unspecified atom stereocenters. The van der Waals surface area contributed by atoms with E-state index in [-0.39, 0.29) is 5.91 Å². The average molecular weight is 242 g/mol. The zero-order valence-electron chi connectivity index (χ0n) is 9.46. The maximum Gasteiger partial charge on any atom is 0.251 e. The van der Waals surface area contributed by atoms with Crippen molar-refractivity contribution in [1.29, 1.82) is 0 Å². The number of halogens is 1. The third-order valence-corrected chi connectivity index (χ3v) is 2.53. The van der Waals surface area contributed by atoms with Crippen LogP contribution in [0.1, 0.15) is 29.3 Å². The third-order valence-electron chi connectivity index (χ3n) is 2.29. The van der Waals surface area contributed by atoms with Gasteiger partial charge in [-0.1, -0.05) is 17.7 Å². The second-order valence-electron chi connectivity index (χ2n) is 3.85. The summed E-state index contributed by atoms with van der Waals surface area (Å²) in [6.07, 6.45) is 0.145. The van der Waals surface area contributed by atoms with Crippen molar-refractivity contribution in [2.24, 2.45) is 0 Å².